The number of amides is 1. The predicted molar refractivity (Wildman–Crippen MR) is 63.7 cm³/mol. The van der Waals surface area contributed by atoms with Crippen molar-refractivity contribution in [3.8, 4) is 0 Å². The van der Waals surface area contributed by atoms with Crippen LogP contribution < -0.4 is 11.1 Å². The summed E-state index contributed by atoms with van der Waals surface area (Å²) in [5.74, 6) is -1.97. The van der Waals surface area contributed by atoms with E-state index in [0.29, 0.717) is 11.6 Å². The van der Waals surface area contributed by atoms with Gasteiger partial charge in [-0.1, -0.05) is 0 Å². The number of nitrogens with one attached hydrogen (secondary N) is 1. The van der Waals surface area contributed by atoms with Gasteiger partial charge in [-0.2, -0.15) is 0 Å². The molecule has 0 aliphatic heterocycles. The van der Waals surface area contributed by atoms with Crippen molar-refractivity contribution in [3.05, 3.63) is 16.1 Å². The molecule has 0 aliphatic carbocycles. The summed E-state index contributed by atoms with van der Waals surface area (Å²) in [7, 11) is 0. The van der Waals surface area contributed by atoms with Crippen molar-refractivity contribution in [3.63, 3.8) is 0 Å². The second kappa shape index (κ2) is 5.74. The Hall–Kier alpha value is -1.47. The number of thiazole rings is 1. The minimum absolute atomic E-state index is 0.278. The first-order valence-corrected chi connectivity index (χ1v) is 6.01. The second-order valence-corrected chi connectivity index (χ2v) is 4.66. The highest BCUT2D eigenvalue weighted by Crippen LogP contribution is 2.10. The first-order valence-electron chi connectivity index (χ1n) is 5.13. The number of carboxylic acids is 1. The third kappa shape index (κ3) is 3.50. The van der Waals surface area contributed by atoms with E-state index in [0.717, 1.165) is 0 Å². The van der Waals surface area contributed by atoms with E-state index in [4.69, 9.17) is 10.8 Å². The predicted octanol–water partition coefficient (Wildman–Crippen LogP) is 0.441. The fourth-order valence-electron chi connectivity index (χ4n) is 1.13. The van der Waals surface area contributed by atoms with Gasteiger partial charge in [0.15, 0.2) is 0 Å². The third-order valence-electron chi connectivity index (χ3n) is 2.46. The molecular weight excluding hydrogens is 242 g/mol. The number of aliphatic carboxylic acids is 1. The minimum atomic E-state index is -0.946. The number of hydrogen-bond donors (Lipinski definition) is 3. The lowest BCUT2D eigenvalue weighted by Crippen LogP contribution is -2.40. The molecule has 1 aromatic rings. The van der Waals surface area contributed by atoms with Crippen molar-refractivity contribution < 1.29 is 14.7 Å². The van der Waals surface area contributed by atoms with Crippen LogP contribution in [-0.2, 0) is 11.3 Å². The number of carbonyl (C=O) groups is 2. The molecule has 0 aliphatic rings. The summed E-state index contributed by atoms with van der Waals surface area (Å²) in [6, 6.07) is -0.456. The van der Waals surface area contributed by atoms with E-state index in [1.807, 2.05) is 0 Å². The van der Waals surface area contributed by atoms with E-state index in [-0.39, 0.29) is 11.6 Å². The number of carboxylic acid groups (broad SMARTS) is 1. The summed E-state index contributed by atoms with van der Waals surface area (Å²) in [6.07, 6.45) is 0. The molecule has 0 spiro atoms. The maximum Gasteiger partial charge on any atom is 0.308 e. The lowest BCUT2D eigenvalue weighted by molar-refractivity contribution is -0.141. The fraction of sp³-hybridized carbons (Fsp3) is 0.500. The van der Waals surface area contributed by atoms with Crippen LogP contribution >= 0.6 is 11.3 Å². The number of carbonyl (C=O) groups excluding carboxylic acids is 1. The van der Waals surface area contributed by atoms with Crippen LogP contribution in [0.5, 0.6) is 0 Å². The van der Waals surface area contributed by atoms with Gasteiger partial charge in [0.1, 0.15) is 10.7 Å². The normalized spacial score (nSPS) is 14.1. The zero-order valence-electron chi connectivity index (χ0n) is 9.64. The average Bonchev–Trinajstić information content (AvgIpc) is 2.76. The third-order valence-corrected chi connectivity index (χ3v) is 3.33. The Morgan fingerprint density at radius 1 is 1.59 bits per heavy atom. The average molecular weight is 257 g/mol. The Bertz CT molecular complexity index is 419. The molecule has 1 heterocycles. The smallest absolute Gasteiger partial charge is 0.308 e. The first-order chi connectivity index (χ1) is 7.95. The Kier molecular flexibility index (Phi) is 4.59. The van der Waals surface area contributed by atoms with Gasteiger partial charge >= 0.3 is 5.97 Å². The minimum Gasteiger partial charge on any atom is -0.481 e. The van der Waals surface area contributed by atoms with Gasteiger partial charge in [-0.25, -0.2) is 4.98 Å². The van der Waals surface area contributed by atoms with Crippen molar-refractivity contribution in [1.82, 2.24) is 10.3 Å². The zero-order chi connectivity index (χ0) is 13.0. The maximum atomic E-state index is 11.7. The molecule has 6 nitrogen and oxygen atoms in total. The summed E-state index contributed by atoms with van der Waals surface area (Å²) in [5, 5.41) is 13.7. The van der Waals surface area contributed by atoms with Gasteiger partial charge in [0.2, 0.25) is 0 Å². The van der Waals surface area contributed by atoms with Gasteiger partial charge in [0.05, 0.1) is 5.92 Å². The summed E-state index contributed by atoms with van der Waals surface area (Å²) < 4.78 is 0. The molecule has 0 fully saturated rings. The molecule has 94 valence electrons. The summed E-state index contributed by atoms with van der Waals surface area (Å²) in [6.45, 7) is 3.48. The number of rotatable bonds is 5. The van der Waals surface area contributed by atoms with Gasteiger partial charge in [-0.05, 0) is 13.8 Å². The van der Waals surface area contributed by atoms with Crippen LogP contribution in [0.1, 0.15) is 29.3 Å². The van der Waals surface area contributed by atoms with Crippen molar-refractivity contribution in [1.29, 1.82) is 0 Å². The van der Waals surface area contributed by atoms with E-state index in [1.165, 1.54) is 11.3 Å². The lowest BCUT2D eigenvalue weighted by atomic mass is 10.0. The van der Waals surface area contributed by atoms with Crippen LogP contribution in [0.2, 0.25) is 0 Å². The van der Waals surface area contributed by atoms with Crippen LogP contribution in [0.3, 0.4) is 0 Å². The lowest BCUT2D eigenvalue weighted by Gasteiger charge is -2.16. The number of aromatic nitrogens is 1. The quantitative estimate of drug-likeness (QED) is 0.710. The van der Waals surface area contributed by atoms with Gasteiger partial charge in [0.25, 0.3) is 5.91 Å². The summed E-state index contributed by atoms with van der Waals surface area (Å²) in [5.41, 5.74) is 5.67. The van der Waals surface area contributed by atoms with E-state index in [1.54, 1.807) is 19.2 Å². The number of nitrogens with two attached hydrogens (primary N) is 1. The van der Waals surface area contributed by atoms with Crippen molar-refractivity contribution in [2.45, 2.75) is 26.4 Å². The van der Waals surface area contributed by atoms with E-state index >= 15 is 0 Å². The van der Waals surface area contributed by atoms with E-state index in [2.05, 4.69) is 10.3 Å². The molecule has 0 bridgehead atoms. The molecular formula is C10H15N3O3S. The molecule has 17 heavy (non-hydrogen) atoms. The molecule has 0 saturated heterocycles. The molecule has 0 saturated carbocycles. The largest absolute Gasteiger partial charge is 0.481 e. The standard InChI is InChI=1S/C10H15N3O3S/c1-5(10(15)16)6(2)12-9(14)7-4-17-8(3-11)13-7/h4-6H,3,11H2,1-2H3,(H,12,14)(H,15,16). The van der Waals surface area contributed by atoms with Gasteiger partial charge in [-0.15, -0.1) is 11.3 Å². The molecule has 1 aromatic heterocycles. The van der Waals surface area contributed by atoms with Crippen molar-refractivity contribution in [2.24, 2.45) is 11.7 Å². The summed E-state index contributed by atoms with van der Waals surface area (Å²) in [4.78, 5) is 26.5. The molecule has 2 unspecified atom stereocenters. The van der Waals surface area contributed by atoms with Crippen LogP contribution in [0.4, 0.5) is 0 Å². The first kappa shape index (κ1) is 13.6. The molecule has 4 N–H and O–H groups in total. The highest BCUT2D eigenvalue weighted by atomic mass is 32.1. The van der Waals surface area contributed by atoms with Crippen LogP contribution in [0.25, 0.3) is 0 Å². The van der Waals surface area contributed by atoms with Gasteiger partial charge < -0.3 is 16.2 Å². The van der Waals surface area contributed by atoms with Gasteiger partial charge in [-0.3, -0.25) is 9.59 Å². The van der Waals surface area contributed by atoms with Gasteiger partial charge in [0, 0.05) is 18.0 Å². The zero-order valence-corrected chi connectivity index (χ0v) is 10.5. The second-order valence-electron chi connectivity index (χ2n) is 3.72. The highest BCUT2D eigenvalue weighted by molar-refractivity contribution is 7.09. The van der Waals surface area contributed by atoms with Crippen molar-refractivity contribution in [2.75, 3.05) is 0 Å². The molecule has 0 radical (unpaired) electrons. The molecule has 1 rings (SSSR count). The van der Waals surface area contributed by atoms with Crippen LogP contribution in [0, 0.1) is 5.92 Å². The topological polar surface area (TPSA) is 105 Å². The Labute approximate surface area is 103 Å². The maximum absolute atomic E-state index is 11.7. The molecule has 0 aromatic carbocycles. The SMILES string of the molecule is CC(NC(=O)c1csc(CN)n1)C(C)C(=O)O. The van der Waals surface area contributed by atoms with Crippen LogP contribution in [-0.4, -0.2) is 28.0 Å². The van der Waals surface area contributed by atoms with E-state index < -0.39 is 17.9 Å². The van der Waals surface area contributed by atoms with Crippen LogP contribution in [0.15, 0.2) is 5.38 Å². The van der Waals surface area contributed by atoms with E-state index in [9.17, 15) is 9.59 Å². The Balaban J connectivity index is 2.63. The molecule has 2 atom stereocenters. The number of hydrogen-bond acceptors (Lipinski definition) is 5. The Morgan fingerprint density at radius 2 is 2.24 bits per heavy atom. The monoisotopic (exact) mass is 257 g/mol. The molecule has 1 amide bonds. The van der Waals surface area contributed by atoms with Crippen molar-refractivity contribution >= 4 is 23.2 Å². The highest BCUT2D eigenvalue weighted by Gasteiger charge is 2.22. The summed E-state index contributed by atoms with van der Waals surface area (Å²) >= 11 is 1.31. The Morgan fingerprint density at radius 3 is 2.71 bits per heavy atom. The number of nitrogens with zero attached hydrogens (tertiary/aromatic N) is 1. The molecule has 7 heteroatoms. The fourth-order valence-corrected chi connectivity index (χ4v) is 1.78.